The lowest BCUT2D eigenvalue weighted by molar-refractivity contribution is 0.219. The first kappa shape index (κ1) is 14.9. The van der Waals surface area contributed by atoms with Crippen LogP contribution in [-0.2, 0) is 6.42 Å². The fourth-order valence-electron chi connectivity index (χ4n) is 3.30. The van der Waals surface area contributed by atoms with E-state index in [0.29, 0.717) is 11.5 Å². The first-order chi connectivity index (χ1) is 9.15. The van der Waals surface area contributed by atoms with Crippen molar-refractivity contribution in [1.82, 2.24) is 5.32 Å². The van der Waals surface area contributed by atoms with E-state index in [9.17, 15) is 0 Å². The highest BCUT2D eigenvalue weighted by Gasteiger charge is 2.36. The Labute approximate surface area is 122 Å². The van der Waals surface area contributed by atoms with E-state index in [1.54, 1.807) is 0 Å². The fraction of sp³-hybridized carbons (Fsp3) is 0.647. The van der Waals surface area contributed by atoms with Gasteiger partial charge in [0.05, 0.1) is 0 Å². The molecule has 1 N–H and O–H groups in total. The van der Waals surface area contributed by atoms with Gasteiger partial charge in [0.1, 0.15) is 0 Å². The molecule has 0 radical (unpaired) electrons. The third kappa shape index (κ3) is 3.73. The molecule has 19 heavy (non-hydrogen) atoms. The van der Waals surface area contributed by atoms with Crippen LogP contribution in [0, 0.1) is 5.41 Å². The minimum absolute atomic E-state index is 0.439. The predicted octanol–water partition coefficient (Wildman–Crippen LogP) is 4.83. The van der Waals surface area contributed by atoms with Crippen LogP contribution in [0.1, 0.15) is 51.5 Å². The van der Waals surface area contributed by atoms with Gasteiger partial charge in [-0.3, -0.25) is 0 Å². The number of rotatable bonds is 6. The summed E-state index contributed by atoms with van der Waals surface area (Å²) < 4.78 is 0. The van der Waals surface area contributed by atoms with Gasteiger partial charge in [-0.25, -0.2) is 0 Å². The van der Waals surface area contributed by atoms with Crippen LogP contribution in [0.2, 0.25) is 5.02 Å². The molecule has 0 heterocycles. The van der Waals surface area contributed by atoms with Gasteiger partial charge in [0.15, 0.2) is 0 Å². The van der Waals surface area contributed by atoms with Gasteiger partial charge >= 0.3 is 0 Å². The number of benzene rings is 1. The van der Waals surface area contributed by atoms with Crippen molar-refractivity contribution in [3.8, 4) is 0 Å². The van der Waals surface area contributed by atoms with Gasteiger partial charge < -0.3 is 5.32 Å². The predicted molar refractivity (Wildman–Crippen MR) is 83.8 cm³/mol. The summed E-state index contributed by atoms with van der Waals surface area (Å²) in [7, 11) is 0. The van der Waals surface area contributed by atoms with Crippen LogP contribution in [-0.4, -0.2) is 12.6 Å². The number of halogens is 1. The van der Waals surface area contributed by atoms with Gasteiger partial charge in [0.2, 0.25) is 0 Å². The van der Waals surface area contributed by atoms with Crippen LogP contribution in [0.15, 0.2) is 24.3 Å². The molecule has 0 spiro atoms. The molecule has 1 saturated carbocycles. The topological polar surface area (TPSA) is 12.0 Å². The lowest BCUT2D eigenvalue weighted by Crippen LogP contribution is -2.44. The average molecular weight is 280 g/mol. The van der Waals surface area contributed by atoms with Crippen molar-refractivity contribution in [2.45, 2.75) is 58.4 Å². The Balaban J connectivity index is 2.11. The molecule has 1 aliphatic rings. The van der Waals surface area contributed by atoms with Crippen molar-refractivity contribution in [3.05, 3.63) is 34.9 Å². The molecule has 0 bridgehead atoms. The Kier molecular flexibility index (Phi) is 5.29. The second-order valence-electron chi connectivity index (χ2n) is 6.16. The number of hydrogen-bond acceptors (Lipinski definition) is 1. The van der Waals surface area contributed by atoms with Gasteiger partial charge in [-0.15, -0.1) is 0 Å². The molecule has 1 aromatic carbocycles. The van der Waals surface area contributed by atoms with Crippen LogP contribution in [0.5, 0.6) is 0 Å². The maximum Gasteiger partial charge on any atom is 0.0438 e. The molecule has 1 nitrogen and oxygen atoms in total. The van der Waals surface area contributed by atoms with Crippen LogP contribution >= 0.6 is 11.6 Å². The number of nitrogens with one attached hydrogen (secondary N) is 1. The molecule has 1 unspecified atom stereocenters. The molecule has 1 atom stereocenters. The highest BCUT2D eigenvalue weighted by Crippen LogP contribution is 2.42. The van der Waals surface area contributed by atoms with Crippen molar-refractivity contribution in [3.63, 3.8) is 0 Å². The highest BCUT2D eigenvalue weighted by atomic mass is 35.5. The van der Waals surface area contributed by atoms with Crippen molar-refractivity contribution in [2.24, 2.45) is 5.41 Å². The van der Waals surface area contributed by atoms with Crippen molar-refractivity contribution < 1.29 is 0 Å². The van der Waals surface area contributed by atoms with E-state index >= 15 is 0 Å². The van der Waals surface area contributed by atoms with Crippen molar-refractivity contribution >= 4 is 11.6 Å². The zero-order valence-electron chi connectivity index (χ0n) is 12.2. The third-order valence-electron chi connectivity index (χ3n) is 4.61. The minimum Gasteiger partial charge on any atom is -0.313 e. The fourth-order valence-corrected chi connectivity index (χ4v) is 3.51. The highest BCUT2D eigenvalue weighted by molar-refractivity contribution is 6.31. The standard InChI is InChI=1S/C17H26ClN/c1-3-12-19-16(17(2)10-6-7-11-17)13-14-8-4-5-9-15(14)18/h4-5,8-9,16,19H,3,6-7,10-13H2,1-2H3. The Morgan fingerprint density at radius 2 is 1.95 bits per heavy atom. The van der Waals surface area contributed by atoms with E-state index in [0.717, 1.165) is 18.0 Å². The minimum atomic E-state index is 0.439. The van der Waals surface area contributed by atoms with Crippen LogP contribution < -0.4 is 5.32 Å². The van der Waals surface area contributed by atoms with Gasteiger partial charge in [-0.05, 0) is 49.3 Å². The second kappa shape index (κ2) is 6.76. The van der Waals surface area contributed by atoms with E-state index in [2.05, 4.69) is 31.3 Å². The first-order valence-corrected chi connectivity index (χ1v) is 8.00. The lowest BCUT2D eigenvalue weighted by atomic mass is 9.77. The Morgan fingerprint density at radius 1 is 1.26 bits per heavy atom. The van der Waals surface area contributed by atoms with Gasteiger partial charge in [0.25, 0.3) is 0 Å². The molecule has 0 amide bonds. The van der Waals surface area contributed by atoms with Crippen molar-refractivity contribution in [2.75, 3.05) is 6.54 Å². The smallest absolute Gasteiger partial charge is 0.0438 e. The summed E-state index contributed by atoms with van der Waals surface area (Å²) in [6, 6.07) is 8.83. The van der Waals surface area contributed by atoms with Crippen LogP contribution in [0.25, 0.3) is 0 Å². The first-order valence-electron chi connectivity index (χ1n) is 7.62. The average Bonchev–Trinajstić information content (AvgIpc) is 2.84. The molecule has 0 aliphatic heterocycles. The molecule has 0 saturated heterocycles. The second-order valence-corrected chi connectivity index (χ2v) is 6.57. The maximum atomic E-state index is 6.33. The van der Waals surface area contributed by atoms with E-state index in [4.69, 9.17) is 11.6 Å². The third-order valence-corrected chi connectivity index (χ3v) is 4.98. The van der Waals surface area contributed by atoms with E-state index in [1.807, 2.05) is 12.1 Å². The van der Waals surface area contributed by atoms with Crippen LogP contribution in [0.4, 0.5) is 0 Å². The van der Waals surface area contributed by atoms with E-state index < -0.39 is 0 Å². The zero-order chi connectivity index (χ0) is 13.7. The van der Waals surface area contributed by atoms with E-state index in [-0.39, 0.29) is 0 Å². The van der Waals surface area contributed by atoms with Gasteiger partial charge in [-0.2, -0.15) is 0 Å². The van der Waals surface area contributed by atoms with Gasteiger partial charge in [0, 0.05) is 11.1 Å². The summed E-state index contributed by atoms with van der Waals surface area (Å²) in [6.45, 7) is 5.78. The molecule has 1 aromatic rings. The summed E-state index contributed by atoms with van der Waals surface area (Å²) in [5.41, 5.74) is 1.72. The monoisotopic (exact) mass is 279 g/mol. The Bertz CT molecular complexity index is 396. The molecule has 106 valence electrons. The summed E-state index contributed by atoms with van der Waals surface area (Å²) in [5.74, 6) is 0. The van der Waals surface area contributed by atoms with Gasteiger partial charge in [-0.1, -0.05) is 56.5 Å². The molecule has 2 heteroatoms. The SMILES string of the molecule is CCCNC(Cc1ccccc1Cl)C1(C)CCCC1. The zero-order valence-corrected chi connectivity index (χ0v) is 13.0. The normalized spacial score (nSPS) is 19.5. The van der Waals surface area contributed by atoms with Crippen molar-refractivity contribution in [1.29, 1.82) is 0 Å². The Morgan fingerprint density at radius 3 is 2.58 bits per heavy atom. The molecule has 0 aromatic heterocycles. The summed E-state index contributed by atoms with van der Waals surface area (Å²) in [6.07, 6.45) is 7.69. The maximum absolute atomic E-state index is 6.33. The molecular weight excluding hydrogens is 254 g/mol. The lowest BCUT2D eigenvalue weighted by Gasteiger charge is -2.35. The number of hydrogen-bond donors (Lipinski definition) is 1. The molecule has 2 rings (SSSR count). The summed E-state index contributed by atoms with van der Waals surface area (Å²) >= 11 is 6.33. The molecule has 1 fully saturated rings. The molecule has 1 aliphatic carbocycles. The van der Waals surface area contributed by atoms with E-state index in [1.165, 1.54) is 37.7 Å². The van der Waals surface area contributed by atoms with Crippen LogP contribution in [0.3, 0.4) is 0 Å². The quantitative estimate of drug-likeness (QED) is 0.786. The Hall–Kier alpha value is -0.530. The summed E-state index contributed by atoms with van der Waals surface area (Å²) in [5, 5.41) is 4.68. The molecular formula is C17H26ClN. The summed E-state index contributed by atoms with van der Waals surface area (Å²) in [4.78, 5) is 0. The largest absolute Gasteiger partial charge is 0.313 e.